The van der Waals surface area contributed by atoms with Gasteiger partial charge in [0.25, 0.3) is 0 Å². The Morgan fingerprint density at radius 1 is 1.40 bits per heavy atom. The van der Waals surface area contributed by atoms with Crippen LogP contribution in [0.2, 0.25) is 0 Å². The van der Waals surface area contributed by atoms with Gasteiger partial charge in [-0.15, -0.1) is 0 Å². The summed E-state index contributed by atoms with van der Waals surface area (Å²) >= 11 is 0. The molecule has 0 atom stereocenters. The fourth-order valence-corrected chi connectivity index (χ4v) is 1.26. The Morgan fingerprint density at radius 3 is 2.73 bits per heavy atom. The summed E-state index contributed by atoms with van der Waals surface area (Å²) in [7, 11) is -1.67. The molecule has 82 valence electrons. The lowest BCUT2D eigenvalue weighted by Crippen LogP contribution is -2.33. The Hall–Kier alpha value is -0.905. The van der Waals surface area contributed by atoms with Gasteiger partial charge in [-0.05, 0) is 29.6 Å². The molecule has 15 heavy (non-hydrogen) atoms. The molecule has 0 amide bonds. The van der Waals surface area contributed by atoms with Crippen LogP contribution in [0, 0.1) is 5.82 Å². The molecule has 1 rings (SSSR count). The van der Waals surface area contributed by atoms with Crippen LogP contribution in [0.25, 0.3) is 0 Å². The highest BCUT2D eigenvalue weighted by Crippen LogP contribution is 2.03. The van der Waals surface area contributed by atoms with Gasteiger partial charge in [0.1, 0.15) is 5.82 Å². The van der Waals surface area contributed by atoms with Gasteiger partial charge in [0.2, 0.25) is 0 Å². The lowest BCUT2D eigenvalue weighted by Gasteiger charge is -2.09. The van der Waals surface area contributed by atoms with E-state index < -0.39 is 12.9 Å². The van der Waals surface area contributed by atoms with Gasteiger partial charge in [-0.1, -0.05) is 13.0 Å². The van der Waals surface area contributed by atoms with Crippen LogP contribution in [0.15, 0.2) is 18.2 Å². The van der Waals surface area contributed by atoms with Gasteiger partial charge in [-0.3, -0.25) is 0 Å². The molecule has 0 spiro atoms. The molecule has 0 saturated carbocycles. The summed E-state index contributed by atoms with van der Waals surface area (Å²) < 4.78 is 18.1. The molecule has 0 aliphatic heterocycles. The predicted molar refractivity (Wildman–Crippen MR) is 56.2 cm³/mol. The number of rotatable bonds is 5. The topological polar surface area (TPSA) is 49.7 Å². The van der Waals surface area contributed by atoms with Crippen molar-refractivity contribution in [2.75, 3.05) is 6.61 Å². The smallest absolute Gasteiger partial charge is 0.423 e. The predicted octanol–water partition coefficient (Wildman–Crippen LogP) is 0.432. The minimum absolute atomic E-state index is 0.158. The van der Waals surface area contributed by atoms with Crippen LogP contribution in [0.5, 0.6) is 0 Å². The van der Waals surface area contributed by atoms with E-state index in [1.165, 1.54) is 12.1 Å². The second-order valence-corrected chi connectivity index (χ2v) is 3.27. The van der Waals surface area contributed by atoms with E-state index in [2.05, 4.69) is 0 Å². The van der Waals surface area contributed by atoms with Gasteiger partial charge < -0.3 is 14.8 Å². The Labute approximate surface area is 88.7 Å². The van der Waals surface area contributed by atoms with E-state index in [0.717, 1.165) is 12.5 Å². The number of ether oxygens (including phenoxy) is 1. The normalized spacial score (nSPS) is 10.4. The van der Waals surface area contributed by atoms with Crippen molar-refractivity contribution >= 4 is 12.6 Å². The molecular weight excluding hydrogens is 198 g/mol. The summed E-state index contributed by atoms with van der Waals surface area (Å²) in [6.45, 7) is 2.84. The lowest BCUT2D eigenvalue weighted by atomic mass is 9.77. The molecule has 1 aromatic carbocycles. The van der Waals surface area contributed by atoms with Gasteiger partial charge in [0.15, 0.2) is 0 Å². The van der Waals surface area contributed by atoms with Gasteiger partial charge in [-0.2, -0.15) is 0 Å². The minimum atomic E-state index is -1.67. The fourth-order valence-electron chi connectivity index (χ4n) is 1.26. The van der Waals surface area contributed by atoms with Crippen LogP contribution in [-0.4, -0.2) is 23.8 Å². The summed E-state index contributed by atoms with van der Waals surface area (Å²) in [6.07, 6.45) is 0.887. The maximum Gasteiger partial charge on any atom is 0.488 e. The zero-order valence-electron chi connectivity index (χ0n) is 8.61. The van der Waals surface area contributed by atoms with E-state index in [9.17, 15) is 4.39 Å². The second kappa shape index (κ2) is 5.85. The Balaban J connectivity index is 2.77. The van der Waals surface area contributed by atoms with Crippen LogP contribution in [-0.2, 0) is 11.3 Å². The fraction of sp³-hybridized carbons (Fsp3) is 0.400. The molecule has 0 fully saturated rings. The third-order valence-electron chi connectivity index (χ3n) is 1.99. The van der Waals surface area contributed by atoms with Crippen molar-refractivity contribution in [2.24, 2.45) is 0 Å². The lowest BCUT2D eigenvalue weighted by molar-refractivity contribution is 0.122. The average Bonchev–Trinajstić information content (AvgIpc) is 2.20. The van der Waals surface area contributed by atoms with E-state index in [4.69, 9.17) is 14.8 Å². The summed E-state index contributed by atoms with van der Waals surface area (Å²) in [5, 5.41) is 18.0. The van der Waals surface area contributed by atoms with Crippen molar-refractivity contribution in [3.05, 3.63) is 29.6 Å². The standard InChI is InChI=1S/C10H14BFO3/c1-2-5-15-7-8-3-4-9(12)6-10(8)11(13)14/h3-4,6,13-14H,2,5,7H2,1H3. The average molecular weight is 212 g/mol. The van der Waals surface area contributed by atoms with Crippen molar-refractivity contribution in [3.63, 3.8) is 0 Å². The molecule has 0 bridgehead atoms. The van der Waals surface area contributed by atoms with E-state index >= 15 is 0 Å². The maximum atomic E-state index is 12.8. The Bertz CT molecular complexity index is 318. The van der Waals surface area contributed by atoms with Crippen LogP contribution < -0.4 is 5.46 Å². The number of hydrogen-bond donors (Lipinski definition) is 2. The molecule has 0 radical (unpaired) electrons. The Morgan fingerprint density at radius 2 is 2.13 bits per heavy atom. The highest BCUT2D eigenvalue weighted by Gasteiger charge is 2.16. The first-order chi connectivity index (χ1) is 7.15. The molecule has 0 aromatic heterocycles. The van der Waals surface area contributed by atoms with E-state index in [-0.39, 0.29) is 12.1 Å². The van der Waals surface area contributed by atoms with Crippen LogP contribution >= 0.6 is 0 Å². The molecule has 1 aromatic rings. The van der Waals surface area contributed by atoms with Gasteiger partial charge >= 0.3 is 7.12 Å². The number of hydrogen-bond acceptors (Lipinski definition) is 3. The Kier molecular flexibility index (Phi) is 4.75. The number of halogens is 1. The molecular formula is C10H14BFO3. The molecule has 0 saturated heterocycles. The largest absolute Gasteiger partial charge is 0.488 e. The van der Waals surface area contributed by atoms with Crippen molar-refractivity contribution in [1.29, 1.82) is 0 Å². The molecule has 0 aliphatic rings. The molecule has 5 heteroatoms. The van der Waals surface area contributed by atoms with Gasteiger partial charge in [0.05, 0.1) is 6.61 Å². The van der Waals surface area contributed by atoms with Gasteiger partial charge in [0, 0.05) is 6.61 Å². The van der Waals surface area contributed by atoms with Crippen molar-refractivity contribution in [2.45, 2.75) is 20.0 Å². The highest BCUT2D eigenvalue weighted by molar-refractivity contribution is 6.59. The quantitative estimate of drug-likeness (QED) is 0.549. The molecule has 0 unspecified atom stereocenters. The van der Waals surface area contributed by atoms with Crippen LogP contribution in [0.1, 0.15) is 18.9 Å². The summed E-state index contributed by atoms with van der Waals surface area (Å²) in [5.41, 5.74) is 0.756. The zero-order chi connectivity index (χ0) is 11.3. The SMILES string of the molecule is CCCOCc1ccc(F)cc1B(O)O. The zero-order valence-corrected chi connectivity index (χ0v) is 8.61. The van der Waals surface area contributed by atoms with Crippen LogP contribution in [0.4, 0.5) is 4.39 Å². The van der Waals surface area contributed by atoms with E-state index in [1.807, 2.05) is 6.92 Å². The second-order valence-electron chi connectivity index (χ2n) is 3.27. The molecule has 0 aliphatic carbocycles. The minimum Gasteiger partial charge on any atom is -0.423 e. The first kappa shape index (κ1) is 12.2. The van der Waals surface area contributed by atoms with Crippen LogP contribution in [0.3, 0.4) is 0 Å². The molecule has 3 nitrogen and oxygen atoms in total. The third kappa shape index (κ3) is 3.62. The summed E-state index contributed by atoms with van der Waals surface area (Å²) in [4.78, 5) is 0. The maximum absolute atomic E-state index is 12.8. The van der Waals surface area contributed by atoms with E-state index in [0.29, 0.717) is 12.2 Å². The highest BCUT2D eigenvalue weighted by atomic mass is 19.1. The van der Waals surface area contributed by atoms with E-state index in [1.54, 1.807) is 0 Å². The first-order valence-corrected chi connectivity index (χ1v) is 4.87. The molecule has 2 N–H and O–H groups in total. The molecule has 0 heterocycles. The van der Waals surface area contributed by atoms with Crippen molar-refractivity contribution < 1.29 is 19.2 Å². The summed E-state index contributed by atoms with van der Waals surface area (Å²) in [5.74, 6) is -0.489. The van der Waals surface area contributed by atoms with Crippen molar-refractivity contribution in [1.82, 2.24) is 0 Å². The number of benzene rings is 1. The third-order valence-corrected chi connectivity index (χ3v) is 1.99. The summed E-state index contributed by atoms with van der Waals surface area (Å²) in [6, 6.07) is 3.88. The monoisotopic (exact) mass is 212 g/mol. The van der Waals surface area contributed by atoms with Gasteiger partial charge in [-0.25, -0.2) is 4.39 Å². The first-order valence-electron chi connectivity index (χ1n) is 4.87. The van der Waals surface area contributed by atoms with Crippen molar-refractivity contribution in [3.8, 4) is 0 Å².